The Balaban J connectivity index is 2.66. The Morgan fingerprint density at radius 3 is 2.65 bits per heavy atom. The van der Waals surface area contributed by atoms with Crippen LogP contribution in [0.1, 0.15) is 45.2 Å². The van der Waals surface area contributed by atoms with Crippen LogP contribution in [-0.4, -0.2) is 17.3 Å². The van der Waals surface area contributed by atoms with E-state index in [1.165, 1.54) is 5.56 Å². The quantitative estimate of drug-likeness (QED) is 0.815. The van der Waals surface area contributed by atoms with Crippen molar-refractivity contribution in [2.24, 2.45) is 0 Å². The highest BCUT2D eigenvalue weighted by Crippen LogP contribution is 2.21. The second-order valence-corrected chi connectivity index (χ2v) is 5.18. The highest BCUT2D eigenvalue weighted by molar-refractivity contribution is 6.30. The molecule has 2 nitrogen and oxygen atoms in total. The minimum Gasteiger partial charge on any atom is -0.389 e. The Labute approximate surface area is 109 Å². The zero-order valence-electron chi connectivity index (χ0n) is 10.8. The van der Waals surface area contributed by atoms with Gasteiger partial charge in [0, 0.05) is 17.6 Å². The first kappa shape index (κ1) is 14.5. The predicted molar refractivity (Wildman–Crippen MR) is 73.4 cm³/mol. The molecule has 0 bridgehead atoms. The molecule has 1 rings (SSSR count). The van der Waals surface area contributed by atoms with Gasteiger partial charge in [0.05, 0.1) is 5.60 Å². The van der Waals surface area contributed by atoms with Gasteiger partial charge in [0.15, 0.2) is 0 Å². The van der Waals surface area contributed by atoms with E-state index in [0.29, 0.717) is 6.54 Å². The normalized spacial score (nSPS) is 16.5. The minimum atomic E-state index is -0.647. The molecule has 0 aliphatic heterocycles. The van der Waals surface area contributed by atoms with Crippen LogP contribution in [0.5, 0.6) is 0 Å². The number of hydrogen-bond donors (Lipinski definition) is 2. The molecular formula is C14H22ClNO. The van der Waals surface area contributed by atoms with Gasteiger partial charge in [-0.25, -0.2) is 0 Å². The Hall–Kier alpha value is -0.570. The van der Waals surface area contributed by atoms with E-state index in [4.69, 9.17) is 11.6 Å². The van der Waals surface area contributed by atoms with Gasteiger partial charge < -0.3 is 10.4 Å². The number of halogens is 1. The maximum absolute atomic E-state index is 9.98. The Morgan fingerprint density at radius 2 is 2.12 bits per heavy atom. The molecule has 17 heavy (non-hydrogen) atoms. The van der Waals surface area contributed by atoms with Gasteiger partial charge in [0.1, 0.15) is 0 Å². The first-order valence-electron chi connectivity index (χ1n) is 6.19. The van der Waals surface area contributed by atoms with Crippen molar-refractivity contribution in [2.45, 2.75) is 45.3 Å². The molecule has 0 amide bonds. The fourth-order valence-corrected chi connectivity index (χ4v) is 1.89. The maximum Gasteiger partial charge on any atom is 0.0741 e. The van der Waals surface area contributed by atoms with Gasteiger partial charge in [0.2, 0.25) is 0 Å². The summed E-state index contributed by atoms with van der Waals surface area (Å²) in [5.41, 5.74) is 0.526. The summed E-state index contributed by atoms with van der Waals surface area (Å²) in [6, 6.07) is 8.11. The smallest absolute Gasteiger partial charge is 0.0741 e. The molecule has 0 aliphatic rings. The lowest BCUT2D eigenvalue weighted by Gasteiger charge is -2.26. The average Bonchev–Trinajstić information content (AvgIpc) is 2.30. The fourth-order valence-electron chi connectivity index (χ4n) is 1.69. The van der Waals surface area contributed by atoms with Crippen LogP contribution in [0, 0.1) is 0 Å². The molecule has 0 spiro atoms. The van der Waals surface area contributed by atoms with E-state index in [0.717, 1.165) is 17.9 Å². The summed E-state index contributed by atoms with van der Waals surface area (Å²) in [7, 11) is 0. The van der Waals surface area contributed by atoms with Gasteiger partial charge in [-0.15, -0.1) is 0 Å². The summed E-state index contributed by atoms with van der Waals surface area (Å²) in [4.78, 5) is 0. The molecule has 0 aliphatic carbocycles. The lowest BCUT2D eigenvalue weighted by Crippen LogP contribution is -2.38. The van der Waals surface area contributed by atoms with Gasteiger partial charge in [-0.2, -0.15) is 0 Å². The predicted octanol–water partition coefficient (Wildman–Crippen LogP) is 3.54. The van der Waals surface area contributed by atoms with E-state index in [9.17, 15) is 5.11 Å². The van der Waals surface area contributed by atoms with Crippen molar-refractivity contribution in [1.82, 2.24) is 5.32 Å². The molecule has 0 saturated carbocycles. The second-order valence-electron chi connectivity index (χ2n) is 4.75. The van der Waals surface area contributed by atoms with Gasteiger partial charge in [-0.05, 0) is 37.5 Å². The highest BCUT2D eigenvalue weighted by Gasteiger charge is 2.19. The van der Waals surface area contributed by atoms with E-state index < -0.39 is 5.60 Å². The average molecular weight is 256 g/mol. The highest BCUT2D eigenvalue weighted by atomic mass is 35.5. The lowest BCUT2D eigenvalue weighted by molar-refractivity contribution is 0.0526. The molecule has 0 heterocycles. The maximum atomic E-state index is 9.98. The Morgan fingerprint density at radius 1 is 1.41 bits per heavy atom. The summed E-state index contributed by atoms with van der Waals surface area (Å²) in [6.07, 6.45) is 1.71. The Bertz CT molecular complexity index is 352. The summed E-state index contributed by atoms with van der Waals surface area (Å²) < 4.78 is 0. The largest absolute Gasteiger partial charge is 0.389 e. The molecule has 2 unspecified atom stereocenters. The molecule has 1 aromatic rings. The minimum absolute atomic E-state index is 0.242. The van der Waals surface area contributed by atoms with Crippen molar-refractivity contribution in [1.29, 1.82) is 0 Å². The number of aliphatic hydroxyl groups is 1. The molecule has 0 fully saturated rings. The summed E-state index contributed by atoms with van der Waals surface area (Å²) in [6.45, 7) is 6.56. The lowest BCUT2D eigenvalue weighted by atomic mass is 10.0. The number of benzene rings is 1. The van der Waals surface area contributed by atoms with E-state index >= 15 is 0 Å². The van der Waals surface area contributed by atoms with Crippen LogP contribution in [-0.2, 0) is 0 Å². The zero-order chi connectivity index (χ0) is 12.9. The zero-order valence-corrected chi connectivity index (χ0v) is 11.6. The van der Waals surface area contributed by atoms with E-state index in [2.05, 4.69) is 18.3 Å². The molecule has 0 saturated heterocycles. The third kappa shape index (κ3) is 4.66. The monoisotopic (exact) mass is 255 g/mol. The standard InChI is InChI=1S/C14H22ClNO/c1-4-13(16-10-14(3,17)5-2)11-7-6-8-12(15)9-11/h6-9,13,16-17H,4-5,10H2,1-3H3. The van der Waals surface area contributed by atoms with Crippen molar-refractivity contribution in [3.8, 4) is 0 Å². The topological polar surface area (TPSA) is 32.3 Å². The van der Waals surface area contributed by atoms with E-state index in [1.54, 1.807) is 0 Å². The first-order chi connectivity index (χ1) is 7.98. The van der Waals surface area contributed by atoms with Gasteiger partial charge in [-0.3, -0.25) is 0 Å². The molecule has 2 atom stereocenters. The third-order valence-corrected chi connectivity index (χ3v) is 3.39. The van der Waals surface area contributed by atoms with E-state index in [-0.39, 0.29) is 6.04 Å². The van der Waals surface area contributed by atoms with Crippen LogP contribution < -0.4 is 5.32 Å². The van der Waals surface area contributed by atoms with Crippen LogP contribution in [0.3, 0.4) is 0 Å². The van der Waals surface area contributed by atoms with Crippen molar-refractivity contribution < 1.29 is 5.11 Å². The summed E-state index contributed by atoms with van der Waals surface area (Å²) in [5, 5.41) is 14.1. The van der Waals surface area contributed by atoms with Gasteiger partial charge in [0.25, 0.3) is 0 Å². The molecule has 3 heteroatoms. The van der Waals surface area contributed by atoms with Crippen LogP contribution in [0.25, 0.3) is 0 Å². The van der Waals surface area contributed by atoms with E-state index in [1.807, 2.05) is 32.0 Å². The second kappa shape index (κ2) is 6.39. The number of hydrogen-bond acceptors (Lipinski definition) is 2. The third-order valence-electron chi connectivity index (χ3n) is 3.15. The summed E-state index contributed by atoms with van der Waals surface area (Å²) >= 11 is 5.99. The van der Waals surface area contributed by atoms with Gasteiger partial charge in [-0.1, -0.05) is 37.6 Å². The molecule has 96 valence electrons. The molecular weight excluding hydrogens is 234 g/mol. The van der Waals surface area contributed by atoms with Crippen molar-refractivity contribution >= 4 is 11.6 Å². The van der Waals surface area contributed by atoms with Crippen LogP contribution in [0.15, 0.2) is 24.3 Å². The number of nitrogens with one attached hydrogen (secondary N) is 1. The fraction of sp³-hybridized carbons (Fsp3) is 0.571. The van der Waals surface area contributed by atoms with Crippen LogP contribution >= 0.6 is 11.6 Å². The van der Waals surface area contributed by atoms with Crippen molar-refractivity contribution in [3.05, 3.63) is 34.9 Å². The van der Waals surface area contributed by atoms with Crippen molar-refractivity contribution in [2.75, 3.05) is 6.54 Å². The van der Waals surface area contributed by atoms with Crippen LogP contribution in [0.4, 0.5) is 0 Å². The Kier molecular flexibility index (Phi) is 5.44. The van der Waals surface area contributed by atoms with Gasteiger partial charge >= 0.3 is 0 Å². The molecule has 1 aromatic carbocycles. The summed E-state index contributed by atoms with van der Waals surface area (Å²) in [5.74, 6) is 0. The molecule has 0 aromatic heterocycles. The number of rotatable bonds is 6. The molecule has 2 N–H and O–H groups in total. The SMILES string of the molecule is CCC(NCC(C)(O)CC)c1cccc(Cl)c1. The molecule has 0 radical (unpaired) electrons. The van der Waals surface area contributed by atoms with Crippen LogP contribution in [0.2, 0.25) is 5.02 Å². The first-order valence-corrected chi connectivity index (χ1v) is 6.57. The van der Waals surface area contributed by atoms with Crippen molar-refractivity contribution in [3.63, 3.8) is 0 Å².